The lowest BCUT2D eigenvalue weighted by Gasteiger charge is -1.91. The molecule has 3 aromatic rings. The van der Waals surface area contributed by atoms with Crippen molar-refractivity contribution in [3.63, 3.8) is 0 Å². The first-order chi connectivity index (χ1) is 7.75. The van der Waals surface area contributed by atoms with E-state index in [1.165, 1.54) is 17.4 Å². The number of aromatic amines is 1. The third-order valence-electron chi connectivity index (χ3n) is 2.42. The average Bonchev–Trinajstić information content (AvgIpc) is 2.84. The summed E-state index contributed by atoms with van der Waals surface area (Å²) in [6.07, 6.45) is 1.55. The first-order valence-corrected chi connectivity index (χ1v) is 5.54. The van der Waals surface area contributed by atoms with Gasteiger partial charge < -0.3 is 5.73 Å². The van der Waals surface area contributed by atoms with Gasteiger partial charge in [0.05, 0.1) is 22.5 Å². The van der Waals surface area contributed by atoms with Crippen molar-refractivity contribution in [2.24, 2.45) is 0 Å². The lowest BCUT2D eigenvalue weighted by molar-refractivity contribution is 0.640. The van der Waals surface area contributed by atoms with Gasteiger partial charge in [0.1, 0.15) is 5.82 Å². The van der Waals surface area contributed by atoms with Gasteiger partial charge in [0.25, 0.3) is 0 Å². The average molecular weight is 233 g/mol. The van der Waals surface area contributed by atoms with E-state index in [-0.39, 0.29) is 5.82 Å². The molecule has 1 aromatic carbocycles. The SMILES string of the molecule is Nc1cn[nH]c1-c1cc2c(F)cccc2s1. The van der Waals surface area contributed by atoms with Crippen molar-refractivity contribution >= 4 is 27.1 Å². The number of rotatable bonds is 1. The Morgan fingerprint density at radius 1 is 1.38 bits per heavy atom. The van der Waals surface area contributed by atoms with E-state index in [9.17, 15) is 4.39 Å². The van der Waals surface area contributed by atoms with Crippen LogP contribution in [-0.2, 0) is 0 Å². The highest BCUT2D eigenvalue weighted by atomic mass is 32.1. The molecule has 3 N–H and O–H groups in total. The minimum absolute atomic E-state index is 0.210. The number of nitrogen functional groups attached to an aromatic ring is 1. The number of aromatic nitrogens is 2. The van der Waals surface area contributed by atoms with Gasteiger partial charge >= 0.3 is 0 Å². The Morgan fingerprint density at radius 2 is 2.25 bits per heavy atom. The lowest BCUT2D eigenvalue weighted by atomic mass is 10.2. The van der Waals surface area contributed by atoms with Crippen molar-refractivity contribution in [2.75, 3.05) is 5.73 Å². The molecule has 2 heterocycles. The molecule has 16 heavy (non-hydrogen) atoms. The number of halogens is 1. The fourth-order valence-electron chi connectivity index (χ4n) is 1.64. The molecule has 0 unspecified atom stereocenters. The fourth-order valence-corrected chi connectivity index (χ4v) is 2.73. The molecule has 0 aliphatic carbocycles. The molecule has 0 amide bonds. The zero-order valence-corrected chi connectivity index (χ0v) is 9.01. The van der Waals surface area contributed by atoms with Crippen LogP contribution in [0.25, 0.3) is 20.7 Å². The van der Waals surface area contributed by atoms with Crippen LogP contribution in [0.1, 0.15) is 0 Å². The van der Waals surface area contributed by atoms with E-state index in [1.807, 2.05) is 6.07 Å². The summed E-state index contributed by atoms with van der Waals surface area (Å²) in [5.74, 6) is -0.210. The van der Waals surface area contributed by atoms with Crippen LogP contribution in [0.4, 0.5) is 10.1 Å². The Hall–Kier alpha value is -1.88. The molecule has 2 aromatic heterocycles. The van der Waals surface area contributed by atoms with Gasteiger partial charge in [-0.05, 0) is 18.2 Å². The number of benzene rings is 1. The third-order valence-corrected chi connectivity index (χ3v) is 3.54. The van der Waals surface area contributed by atoms with Gasteiger partial charge in [-0.25, -0.2) is 4.39 Å². The van der Waals surface area contributed by atoms with Crippen LogP contribution < -0.4 is 5.73 Å². The Morgan fingerprint density at radius 3 is 2.94 bits per heavy atom. The number of H-pyrrole nitrogens is 1. The largest absolute Gasteiger partial charge is 0.396 e. The standard InChI is InChI=1S/C11H8FN3S/c12-7-2-1-3-9-6(7)4-10(16-9)11-8(13)5-14-15-11/h1-5H,13H2,(H,14,15). The van der Waals surface area contributed by atoms with Crippen molar-refractivity contribution in [1.29, 1.82) is 0 Å². The fraction of sp³-hybridized carbons (Fsp3) is 0. The van der Waals surface area contributed by atoms with Crippen molar-refractivity contribution in [3.8, 4) is 10.6 Å². The van der Waals surface area contributed by atoms with Gasteiger partial charge in [0.15, 0.2) is 0 Å². The molecule has 3 nitrogen and oxygen atoms in total. The minimum Gasteiger partial charge on any atom is -0.396 e. The third kappa shape index (κ3) is 1.29. The van der Waals surface area contributed by atoms with Gasteiger partial charge in [-0.15, -0.1) is 11.3 Å². The Labute approximate surface area is 94.7 Å². The van der Waals surface area contributed by atoms with Crippen molar-refractivity contribution in [1.82, 2.24) is 10.2 Å². The van der Waals surface area contributed by atoms with E-state index in [1.54, 1.807) is 18.3 Å². The number of nitrogens with zero attached hydrogens (tertiary/aromatic N) is 1. The molecular formula is C11H8FN3S. The van der Waals surface area contributed by atoms with Gasteiger partial charge in [-0.1, -0.05) is 6.07 Å². The Kier molecular flexibility index (Phi) is 1.94. The first kappa shape index (κ1) is 9.35. The van der Waals surface area contributed by atoms with Gasteiger partial charge in [0, 0.05) is 10.1 Å². The maximum atomic E-state index is 13.5. The summed E-state index contributed by atoms with van der Waals surface area (Å²) in [5, 5.41) is 7.29. The second kappa shape index (κ2) is 3.31. The molecule has 80 valence electrons. The van der Waals surface area contributed by atoms with Crippen LogP contribution in [0.3, 0.4) is 0 Å². The summed E-state index contributed by atoms with van der Waals surface area (Å²) in [7, 11) is 0. The monoisotopic (exact) mass is 233 g/mol. The van der Waals surface area contributed by atoms with E-state index in [2.05, 4.69) is 10.2 Å². The number of anilines is 1. The highest BCUT2D eigenvalue weighted by Crippen LogP contribution is 2.35. The highest BCUT2D eigenvalue weighted by molar-refractivity contribution is 7.22. The summed E-state index contributed by atoms with van der Waals surface area (Å²) in [6, 6.07) is 6.84. The molecule has 5 heteroatoms. The molecular weight excluding hydrogens is 225 g/mol. The molecule has 0 atom stereocenters. The van der Waals surface area contributed by atoms with Crippen LogP contribution in [0.15, 0.2) is 30.5 Å². The van der Waals surface area contributed by atoms with E-state index in [4.69, 9.17) is 5.73 Å². The summed E-state index contributed by atoms with van der Waals surface area (Å²) >= 11 is 1.49. The van der Waals surface area contributed by atoms with Crippen LogP contribution in [0, 0.1) is 5.82 Å². The van der Waals surface area contributed by atoms with Gasteiger partial charge in [-0.3, -0.25) is 5.10 Å². The molecule has 0 aliphatic heterocycles. The number of thiophene rings is 1. The van der Waals surface area contributed by atoms with Crippen molar-refractivity contribution in [3.05, 3.63) is 36.3 Å². The minimum atomic E-state index is -0.210. The van der Waals surface area contributed by atoms with Gasteiger partial charge in [0.2, 0.25) is 0 Å². The number of fused-ring (bicyclic) bond motifs is 1. The smallest absolute Gasteiger partial charge is 0.131 e. The first-order valence-electron chi connectivity index (χ1n) is 4.73. The van der Waals surface area contributed by atoms with Crippen molar-refractivity contribution < 1.29 is 4.39 Å². The molecule has 3 rings (SSSR count). The van der Waals surface area contributed by atoms with E-state index >= 15 is 0 Å². The molecule has 0 saturated carbocycles. The summed E-state index contributed by atoms with van der Waals surface area (Å²) < 4.78 is 14.4. The van der Waals surface area contributed by atoms with Crippen LogP contribution in [-0.4, -0.2) is 10.2 Å². The Bertz CT molecular complexity index is 656. The number of nitrogens with one attached hydrogen (secondary N) is 1. The van der Waals surface area contributed by atoms with E-state index in [0.29, 0.717) is 11.1 Å². The van der Waals surface area contributed by atoms with E-state index in [0.717, 1.165) is 15.3 Å². The summed E-state index contributed by atoms with van der Waals surface area (Å²) in [6.45, 7) is 0. The second-order valence-corrected chi connectivity index (χ2v) is 4.55. The molecule has 0 fully saturated rings. The lowest BCUT2D eigenvalue weighted by Crippen LogP contribution is -1.83. The zero-order valence-electron chi connectivity index (χ0n) is 8.20. The van der Waals surface area contributed by atoms with Crippen LogP contribution in [0.2, 0.25) is 0 Å². The number of hydrogen-bond donors (Lipinski definition) is 2. The Balaban J connectivity index is 2.27. The maximum Gasteiger partial charge on any atom is 0.131 e. The summed E-state index contributed by atoms with van der Waals surface area (Å²) in [4.78, 5) is 0.898. The molecule has 0 radical (unpaired) electrons. The summed E-state index contributed by atoms with van der Waals surface area (Å²) in [5.41, 5.74) is 7.08. The topological polar surface area (TPSA) is 54.7 Å². The quantitative estimate of drug-likeness (QED) is 0.678. The van der Waals surface area contributed by atoms with Crippen molar-refractivity contribution in [2.45, 2.75) is 0 Å². The van der Waals surface area contributed by atoms with E-state index < -0.39 is 0 Å². The highest BCUT2D eigenvalue weighted by Gasteiger charge is 2.10. The second-order valence-electron chi connectivity index (χ2n) is 3.46. The molecule has 0 aliphatic rings. The molecule has 0 bridgehead atoms. The predicted octanol–water partition coefficient (Wildman–Crippen LogP) is 3.01. The number of hydrogen-bond acceptors (Lipinski definition) is 3. The predicted molar refractivity (Wildman–Crippen MR) is 63.8 cm³/mol. The zero-order chi connectivity index (χ0) is 11.1. The van der Waals surface area contributed by atoms with Gasteiger partial charge in [-0.2, -0.15) is 5.10 Å². The van der Waals surface area contributed by atoms with Crippen LogP contribution in [0.5, 0.6) is 0 Å². The normalized spacial score (nSPS) is 11.1. The maximum absolute atomic E-state index is 13.5. The molecule has 0 saturated heterocycles. The van der Waals surface area contributed by atoms with Crippen LogP contribution >= 0.6 is 11.3 Å². The number of nitrogens with two attached hydrogens (primary N) is 1. The molecule has 0 spiro atoms.